The number of ether oxygens (including phenoxy) is 2. The summed E-state index contributed by atoms with van der Waals surface area (Å²) in [5, 5.41) is 5.86. The van der Waals surface area contributed by atoms with Gasteiger partial charge in [0.2, 0.25) is 5.91 Å². The van der Waals surface area contributed by atoms with Crippen molar-refractivity contribution in [2.24, 2.45) is 0 Å². The fraction of sp³-hybridized carbons (Fsp3) is 0.421. The molecule has 7 nitrogen and oxygen atoms in total. The summed E-state index contributed by atoms with van der Waals surface area (Å²) in [6, 6.07) is 4.94. The summed E-state index contributed by atoms with van der Waals surface area (Å²) in [6.45, 7) is 8.54. The Kier molecular flexibility index (Phi) is 7.60. The van der Waals surface area contributed by atoms with Crippen molar-refractivity contribution >= 4 is 28.3 Å². The Bertz CT molecular complexity index is 804. The van der Waals surface area contributed by atoms with Crippen molar-refractivity contribution < 1.29 is 19.1 Å². The first-order chi connectivity index (χ1) is 13.0. The molecule has 2 rings (SSSR count). The van der Waals surface area contributed by atoms with Gasteiger partial charge < -0.3 is 20.1 Å². The molecule has 0 fully saturated rings. The van der Waals surface area contributed by atoms with Gasteiger partial charge in [-0.1, -0.05) is 6.92 Å². The summed E-state index contributed by atoms with van der Waals surface area (Å²) >= 11 is 1.43. The molecule has 0 radical (unpaired) electrons. The van der Waals surface area contributed by atoms with Crippen LogP contribution in [0.5, 0.6) is 11.5 Å². The lowest BCUT2D eigenvalue weighted by Gasteiger charge is -2.12. The maximum absolute atomic E-state index is 12.3. The van der Waals surface area contributed by atoms with Gasteiger partial charge in [-0.15, -0.1) is 11.3 Å². The molecule has 2 amide bonds. The van der Waals surface area contributed by atoms with Crippen LogP contribution in [-0.2, 0) is 11.2 Å². The number of benzene rings is 1. The van der Waals surface area contributed by atoms with Crippen LogP contribution in [0.2, 0.25) is 0 Å². The van der Waals surface area contributed by atoms with E-state index in [1.54, 1.807) is 18.2 Å². The van der Waals surface area contributed by atoms with Gasteiger partial charge in [-0.25, -0.2) is 4.98 Å². The maximum atomic E-state index is 12.3. The van der Waals surface area contributed by atoms with Gasteiger partial charge in [0.25, 0.3) is 5.91 Å². The number of carbonyl (C=O) groups is 2. The average molecular weight is 391 g/mol. The molecule has 0 atom stereocenters. The van der Waals surface area contributed by atoms with E-state index in [4.69, 9.17) is 9.47 Å². The number of anilines is 1. The van der Waals surface area contributed by atoms with E-state index in [1.807, 2.05) is 27.7 Å². The highest BCUT2D eigenvalue weighted by molar-refractivity contribution is 7.15. The monoisotopic (exact) mass is 391 g/mol. The van der Waals surface area contributed by atoms with Crippen LogP contribution in [0.4, 0.5) is 5.13 Å². The number of carbonyl (C=O) groups excluding carboxylic acids is 2. The van der Waals surface area contributed by atoms with Gasteiger partial charge in [0.15, 0.2) is 16.6 Å². The third-order valence-electron chi connectivity index (χ3n) is 3.69. The van der Waals surface area contributed by atoms with E-state index in [0.29, 0.717) is 35.4 Å². The first kappa shape index (κ1) is 20.7. The van der Waals surface area contributed by atoms with Crippen LogP contribution in [0.15, 0.2) is 18.2 Å². The van der Waals surface area contributed by atoms with Gasteiger partial charge in [-0.3, -0.25) is 9.59 Å². The van der Waals surface area contributed by atoms with Crippen molar-refractivity contribution in [3.63, 3.8) is 0 Å². The molecular formula is C19H25N3O4S. The highest BCUT2D eigenvalue weighted by Gasteiger charge is 2.14. The molecule has 0 unspecified atom stereocenters. The van der Waals surface area contributed by atoms with E-state index in [-0.39, 0.29) is 18.4 Å². The highest BCUT2D eigenvalue weighted by Crippen LogP contribution is 2.28. The predicted molar refractivity (Wildman–Crippen MR) is 106 cm³/mol. The number of nitrogens with zero attached hydrogens (tertiary/aromatic N) is 1. The lowest BCUT2D eigenvalue weighted by atomic mass is 10.2. The second-order valence-electron chi connectivity index (χ2n) is 5.63. The molecular weight excluding hydrogens is 366 g/mol. The summed E-state index contributed by atoms with van der Waals surface area (Å²) in [7, 11) is 0. The molecule has 0 bridgehead atoms. The standard InChI is InChI=1S/C19H25N3O4S/c1-5-14-12(4)27-19(21-14)22-17(23)11-20-18(24)13-8-9-15(25-6-2)16(10-13)26-7-3/h8-10H,5-7,11H2,1-4H3,(H,20,24)(H,21,22,23). The molecule has 1 heterocycles. The SMILES string of the molecule is CCOc1ccc(C(=O)NCC(=O)Nc2nc(CC)c(C)s2)cc1OCC. The first-order valence-electron chi connectivity index (χ1n) is 8.92. The second-order valence-corrected chi connectivity index (χ2v) is 6.84. The van der Waals surface area contributed by atoms with Gasteiger partial charge in [0.1, 0.15) is 0 Å². The number of thiazole rings is 1. The van der Waals surface area contributed by atoms with Crippen molar-refractivity contribution in [3.8, 4) is 11.5 Å². The zero-order valence-electron chi connectivity index (χ0n) is 16.0. The lowest BCUT2D eigenvalue weighted by molar-refractivity contribution is -0.115. The lowest BCUT2D eigenvalue weighted by Crippen LogP contribution is -2.32. The van der Waals surface area contributed by atoms with Gasteiger partial charge in [-0.05, 0) is 45.4 Å². The zero-order chi connectivity index (χ0) is 19.8. The molecule has 1 aromatic carbocycles. The summed E-state index contributed by atoms with van der Waals surface area (Å²) in [5.41, 5.74) is 1.37. The second kappa shape index (κ2) is 9.91. The molecule has 1 aromatic heterocycles. The summed E-state index contributed by atoms with van der Waals surface area (Å²) in [6.07, 6.45) is 0.814. The molecule has 0 aliphatic carbocycles. The summed E-state index contributed by atoms with van der Waals surface area (Å²) < 4.78 is 11.0. The predicted octanol–water partition coefficient (Wildman–Crippen LogP) is 3.18. The minimum atomic E-state index is -0.362. The Morgan fingerprint density at radius 1 is 1.11 bits per heavy atom. The molecule has 146 valence electrons. The molecule has 0 spiro atoms. The fourth-order valence-corrected chi connectivity index (χ4v) is 3.35. The highest BCUT2D eigenvalue weighted by atomic mass is 32.1. The molecule has 27 heavy (non-hydrogen) atoms. The van der Waals surface area contributed by atoms with Crippen molar-refractivity contribution in [1.29, 1.82) is 0 Å². The van der Waals surface area contributed by atoms with Gasteiger partial charge in [-0.2, -0.15) is 0 Å². The van der Waals surface area contributed by atoms with Crippen molar-refractivity contribution in [3.05, 3.63) is 34.3 Å². The third-order valence-corrected chi connectivity index (χ3v) is 4.62. The molecule has 2 N–H and O–H groups in total. The third kappa shape index (κ3) is 5.68. The topological polar surface area (TPSA) is 89.5 Å². The van der Waals surface area contributed by atoms with E-state index < -0.39 is 0 Å². The van der Waals surface area contributed by atoms with Crippen molar-refractivity contribution in [2.45, 2.75) is 34.1 Å². The van der Waals surface area contributed by atoms with E-state index in [9.17, 15) is 9.59 Å². The minimum absolute atomic E-state index is 0.143. The van der Waals surface area contributed by atoms with E-state index in [0.717, 1.165) is 17.0 Å². The normalized spacial score (nSPS) is 10.4. The first-order valence-corrected chi connectivity index (χ1v) is 9.74. The zero-order valence-corrected chi connectivity index (χ0v) is 16.9. The molecule has 8 heteroatoms. The van der Waals surface area contributed by atoms with E-state index in [2.05, 4.69) is 15.6 Å². The van der Waals surface area contributed by atoms with Gasteiger partial charge in [0, 0.05) is 10.4 Å². The molecule has 0 aliphatic rings. The summed E-state index contributed by atoms with van der Waals surface area (Å²) in [4.78, 5) is 29.8. The quantitative estimate of drug-likeness (QED) is 0.685. The van der Waals surface area contributed by atoms with E-state index >= 15 is 0 Å². The van der Waals surface area contributed by atoms with Crippen molar-refractivity contribution in [2.75, 3.05) is 25.1 Å². The van der Waals surface area contributed by atoms with Crippen LogP contribution in [0.3, 0.4) is 0 Å². The largest absolute Gasteiger partial charge is 0.490 e. The van der Waals surface area contributed by atoms with Crippen LogP contribution >= 0.6 is 11.3 Å². The summed E-state index contributed by atoms with van der Waals surface area (Å²) in [5.74, 6) is 0.399. The van der Waals surface area contributed by atoms with Gasteiger partial charge in [0.05, 0.1) is 25.5 Å². The molecule has 0 saturated heterocycles. The van der Waals surface area contributed by atoms with E-state index in [1.165, 1.54) is 11.3 Å². The Morgan fingerprint density at radius 2 is 1.81 bits per heavy atom. The Labute approximate surface area is 163 Å². The molecule has 0 saturated carbocycles. The van der Waals surface area contributed by atoms with Crippen LogP contribution in [0.25, 0.3) is 0 Å². The number of aryl methyl sites for hydroxylation is 2. The number of hydrogen-bond acceptors (Lipinski definition) is 6. The maximum Gasteiger partial charge on any atom is 0.251 e. The Hall–Kier alpha value is -2.61. The molecule has 2 aromatic rings. The number of aromatic nitrogens is 1. The smallest absolute Gasteiger partial charge is 0.251 e. The van der Waals surface area contributed by atoms with Crippen molar-refractivity contribution in [1.82, 2.24) is 10.3 Å². The van der Waals surface area contributed by atoms with Crippen LogP contribution in [-0.4, -0.2) is 36.6 Å². The Morgan fingerprint density at radius 3 is 2.44 bits per heavy atom. The van der Waals surface area contributed by atoms with Crippen LogP contribution < -0.4 is 20.1 Å². The number of hydrogen-bond donors (Lipinski definition) is 2. The average Bonchev–Trinajstić information content (AvgIpc) is 3.00. The van der Waals surface area contributed by atoms with Gasteiger partial charge >= 0.3 is 0 Å². The minimum Gasteiger partial charge on any atom is -0.490 e. The van der Waals surface area contributed by atoms with Crippen LogP contribution in [0, 0.1) is 6.92 Å². The number of rotatable bonds is 9. The fourth-order valence-electron chi connectivity index (χ4n) is 2.43. The number of amides is 2. The molecule has 0 aliphatic heterocycles. The number of nitrogens with one attached hydrogen (secondary N) is 2. The van der Waals surface area contributed by atoms with Crippen LogP contribution in [0.1, 0.15) is 41.7 Å². The Balaban J connectivity index is 1.95.